The van der Waals surface area contributed by atoms with Crippen molar-refractivity contribution in [1.82, 2.24) is 0 Å². The van der Waals surface area contributed by atoms with E-state index < -0.39 is 0 Å². The van der Waals surface area contributed by atoms with Crippen LogP contribution in [0.15, 0.2) is 12.2 Å². The van der Waals surface area contributed by atoms with Crippen molar-refractivity contribution in [2.45, 2.75) is 13.8 Å². The summed E-state index contributed by atoms with van der Waals surface area (Å²) in [5, 5.41) is 0. The maximum absolute atomic E-state index is 5.25. The van der Waals surface area contributed by atoms with Gasteiger partial charge in [-0.05, 0) is 13.8 Å². The van der Waals surface area contributed by atoms with Crippen LogP contribution in [0.3, 0.4) is 0 Å². The van der Waals surface area contributed by atoms with Crippen molar-refractivity contribution in [2.24, 2.45) is 5.73 Å². The first kappa shape index (κ1) is 5.70. The molecule has 0 atom stereocenters. The van der Waals surface area contributed by atoms with E-state index in [2.05, 4.69) is 6.58 Å². The fraction of sp³-hybridized carbons (Fsp3) is 0.400. The maximum atomic E-state index is 5.25. The second kappa shape index (κ2) is 1.98. The van der Waals surface area contributed by atoms with Gasteiger partial charge >= 0.3 is 0 Å². The topological polar surface area (TPSA) is 26.0 Å². The molecule has 0 aromatic carbocycles. The van der Waals surface area contributed by atoms with Gasteiger partial charge in [0.2, 0.25) is 0 Å². The molecule has 0 bridgehead atoms. The normalized spacial score (nSPS) is 9.33. The minimum absolute atomic E-state index is 0.815. The Balaban J connectivity index is 3.26. The molecule has 0 rings (SSSR count). The minimum atomic E-state index is 0.815. The highest BCUT2D eigenvalue weighted by Crippen LogP contribution is 1.97. The van der Waals surface area contributed by atoms with E-state index in [1.165, 1.54) is 0 Å². The molecule has 6 heavy (non-hydrogen) atoms. The molecule has 0 heterocycles. The average molecular weight is 84.1 g/mol. The van der Waals surface area contributed by atoms with Crippen molar-refractivity contribution in [3.8, 4) is 0 Å². The third-order valence-electron chi connectivity index (χ3n) is 0.673. The van der Waals surface area contributed by atoms with Gasteiger partial charge in [-0.2, -0.15) is 0 Å². The van der Waals surface area contributed by atoms with E-state index in [4.69, 9.17) is 5.73 Å². The SMILES string of the molecule is C=C(C)[C](C)N. The lowest BCUT2D eigenvalue weighted by molar-refractivity contribution is 1.07. The molecule has 0 aliphatic carbocycles. The molecule has 0 aliphatic rings. The molecule has 35 valence electrons. The van der Waals surface area contributed by atoms with Crippen LogP contribution < -0.4 is 5.73 Å². The summed E-state index contributed by atoms with van der Waals surface area (Å²) in [4.78, 5) is 0. The Morgan fingerprint density at radius 2 is 1.67 bits per heavy atom. The zero-order valence-corrected chi connectivity index (χ0v) is 4.28. The van der Waals surface area contributed by atoms with Gasteiger partial charge in [0.25, 0.3) is 0 Å². The van der Waals surface area contributed by atoms with Crippen LogP contribution >= 0.6 is 0 Å². The van der Waals surface area contributed by atoms with E-state index in [0.29, 0.717) is 0 Å². The van der Waals surface area contributed by atoms with E-state index in [9.17, 15) is 0 Å². The van der Waals surface area contributed by atoms with Crippen LogP contribution in [-0.4, -0.2) is 0 Å². The first-order valence-electron chi connectivity index (χ1n) is 1.89. The number of nitrogens with two attached hydrogens (primary N) is 1. The predicted molar refractivity (Wildman–Crippen MR) is 27.9 cm³/mol. The Morgan fingerprint density at radius 3 is 1.67 bits per heavy atom. The third kappa shape index (κ3) is 1.97. The Bertz CT molecular complexity index is 55.0. The number of hydrogen-bond acceptors (Lipinski definition) is 1. The van der Waals surface area contributed by atoms with Crippen molar-refractivity contribution in [3.63, 3.8) is 0 Å². The van der Waals surface area contributed by atoms with E-state index >= 15 is 0 Å². The number of hydrogen-bond donors (Lipinski definition) is 1. The predicted octanol–water partition coefficient (Wildman–Crippen LogP) is 1.07. The van der Waals surface area contributed by atoms with Crippen molar-refractivity contribution < 1.29 is 0 Å². The Labute approximate surface area is 38.8 Å². The van der Waals surface area contributed by atoms with Gasteiger partial charge in [-0.25, -0.2) is 0 Å². The average Bonchev–Trinajstić information content (AvgIpc) is 1.36. The van der Waals surface area contributed by atoms with Gasteiger partial charge in [0.15, 0.2) is 0 Å². The van der Waals surface area contributed by atoms with Gasteiger partial charge in [-0.15, -0.1) is 0 Å². The highest BCUT2D eigenvalue weighted by Gasteiger charge is 1.89. The minimum Gasteiger partial charge on any atom is -0.320 e. The molecule has 1 nitrogen and oxygen atoms in total. The summed E-state index contributed by atoms with van der Waals surface area (Å²) < 4.78 is 0. The van der Waals surface area contributed by atoms with Crippen LogP contribution in [0.2, 0.25) is 0 Å². The lowest BCUT2D eigenvalue weighted by atomic mass is 10.2. The van der Waals surface area contributed by atoms with E-state index in [1.807, 2.05) is 13.8 Å². The van der Waals surface area contributed by atoms with Crippen molar-refractivity contribution in [2.75, 3.05) is 0 Å². The third-order valence-corrected chi connectivity index (χ3v) is 0.673. The van der Waals surface area contributed by atoms with Crippen molar-refractivity contribution >= 4 is 0 Å². The molecule has 0 saturated heterocycles. The molecule has 0 aromatic rings. The summed E-state index contributed by atoms with van der Waals surface area (Å²) >= 11 is 0. The van der Waals surface area contributed by atoms with Crippen LogP contribution in [0.25, 0.3) is 0 Å². The summed E-state index contributed by atoms with van der Waals surface area (Å²) in [7, 11) is 0. The molecule has 1 heteroatoms. The summed E-state index contributed by atoms with van der Waals surface area (Å²) in [6.07, 6.45) is 0. The highest BCUT2D eigenvalue weighted by atomic mass is 14.6. The van der Waals surface area contributed by atoms with Gasteiger partial charge in [-0.1, -0.05) is 12.2 Å². The molecular weight excluding hydrogens is 74.1 g/mol. The fourth-order valence-electron chi connectivity index (χ4n) is 0. The van der Waals surface area contributed by atoms with E-state index in [1.54, 1.807) is 0 Å². The maximum Gasteiger partial charge on any atom is 0.0553 e. The van der Waals surface area contributed by atoms with Crippen LogP contribution in [0.4, 0.5) is 0 Å². The van der Waals surface area contributed by atoms with Crippen LogP contribution in [0.1, 0.15) is 13.8 Å². The molecule has 1 radical (unpaired) electrons. The van der Waals surface area contributed by atoms with Crippen LogP contribution in [0, 0.1) is 6.04 Å². The lowest BCUT2D eigenvalue weighted by Crippen LogP contribution is -2.03. The van der Waals surface area contributed by atoms with Crippen LogP contribution in [0.5, 0.6) is 0 Å². The molecule has 0 aliphatic heterocycles. The van der Waals surface area contributed by atoms with Gasteiger partial charge in [0, 0.05) is 0 Å². The zero-order valence-electron chi connectivity index (χ0n) is 4.28. The quantitative estimate of drug-likeness (QED) is 0.505. The fourth-order valence-corrected chi connectivity index (χ4v) is 0. The summed E-state index contributed by atoms with van der Waals surface area (Å²) in [5.74, 6) is 0. The standard InChI is InChI=1S/C5H10N/c1-4(2)5(3)6/h1,6H2,2-3H3. The van der Waals surface area contributed by atoms with E-state index in [0.717, 1.165) is 11.6 Å². The molecule has 0 spiro atoms. The summed E-state index contributed by atoms with van der Waals surface area (Å²) in [5.41, 5.74) is 6.21. The van der Waals surface area contributed by atoms with Crippen molar-refractivity contribution in [1.29, 1.82) is 0 Å². The van der Waals surface area contributed by atoms with Gasteiger partial charge < -0.3 is 5.73 Å². The molecule has 0 fully saturated rings. The molecular formula is C5H10N. The van der Waals surface area contributed by atoms with E-state index in [-0.39, 0.29) is 0 Å². The molecule has 0 unspecified atom stereocenters. The Morgan fingerprint density at radius 1 is 1.50 bits per heavy atom. The summed E-state index contributed by atoms with van der Waals surface area (Å²) in [6.45, 7) is 7.31. The summed E-state index contributed by atoms with van der Waals surface area (Å²) in [6, 6.07) is 0.815. The Kier molecular flexibility index (Phi) is 1.88. The van der Waals surface area contributed by atoms with Gasteiger partial charge in [0.1, 0.15) is 0 Å². The second-order valence-electron chi connectivity index (χ2n) is 1.46. The molecule has 0 amide bonds. The largest absolute Gasteiger partial charge is 0.320 e. The highest BCUT2D eigenvalue weighted by molar-refractivity contribution is 5.10. The van der Waals surface area contributed by atoms with Gasteiger partial charge in [-0.3, -0.25) is 0 Å². The molecule has 0 saturated carbocycles. The van der Waals surface area contributed by atoms with Crippen molar-refractivity contribution in [3.05, 3.63) is 18.2 Å². The Hall–Kier alpha value is -0.300. The van der Waals surface area contributed by atoms with Crippen LogP contribution in [-0.2, 0) is 0 Å². The van der Waals surface area contributed by atoms with Gasteiger partial charge in [0.05, 0.1) is 6.04 Å². The monoisotopic (exact) mass is 84.1 g/mol. The first-order chi connectivity index (χ1) is 2.64. The zero-order chi connectivity index (χ0) is 5.15. The molecule has 2 N–H and O–H groups in total. The lowest BCUT2D eigenvalue weighted by Gasteiger charge is -1.96. The second-order valence-corrected chi connectivity index (χ2v) is 1.46. The number of rotatable bonds is 1. The first-order valence-corrected chi connectivity index (χ1v) is 1.89. The molecule has 0 aromatic heterocycles. The smallest absolute Gasteiger partial charge is 0.0553 e.